The van der Waals surface area contributed by atoms with Gasteiger partial charge in [0.1, 0.15) is 0 Å². The van der Waals surface area contributed by atoms with E-state index in [1.165, 1.54) is 4.68 Å². The fraction of sp³-hybridized carbons (Fsp3) is 0.0714. The highest BCUT2D eigenvalue weighted by atomic mass is 16.6. The third kappa shape index (κ3) is 1.95. The zero-order valence-electron chi connectivity index (χ0n) is 10.0. The van der Waals surface area contributed by atoms with Crippen LogP contribution in [0.25, 0.3) is 10.9 Å². The lowest BCUT2D eigenvalue weighted by molar-refractivity contribution is -0.537. The van der Waals surface area contributed by atoms with Crippen molar-refractivity contribution in [2.24, 2.45) is 0 Å². The number of rotatable bonds is 3. The topological polar surface area (TPSA) is 61.0 Å². The Balaban J connectivity index is 2.18. The number of para-hydroxylation sites is 1. The van der Waals surface area contributed by atoms with E-state index in [4.69, 9.17) is 0 Å². The first kappa shape index (κ1) is 11.4. The standard InChI is InChI=1S/C14H11N3O2/c18-17(19)14(11-6-2-1-3-7-11)16-13-9-5-4-8-12(13)10-15-16/h1-10,14H. The molecule has 3 aromatic rings. The summed E-state index contributed by atoms with van der Waals surface area (Å²) in [5.41, 5.74) is 1.37. The van der Waals surface area contributed by atoms with Gasteiger partial charge in [-0.15, -0.1) is 0 Å². The van der Waals surface area contributed by atoms with Crippen molar-refractivity contribution in [2.75, 3.05) is 0 Å². The Morgan fingerprint density at radius 1 is 1.05 bits per heavy atom. The normalized spacial score (nSPS) is 12.4. The molecule has 0 bridgehead atoms. The number of benzene rings is 2. The molecule has 0 fully saturated rings. The summed E-state index contributed by atoms with van der Waals surface area (Å²) < 4.78 is 1.45. The largest absolute Gasteiger partial charge is 0.331 e. The van der Waals surface area contributed by atoms with Crippen LogP contribution in [0.2, 0.25) is 0 Å². The highest BCUT2D eigenvalue weighted by Gasteiger charge is 2.26. The predicted octanol–water partition coefficient (Wildman–Crippen LogP) is 2.86. The predicted molar refractivity (Wildman–Crippen MR) is 71.3 cm³/mol. The van der Waals surface area contributed by atoms with Crippen molar-refractivity contribution in [3.63, 3.8) is 0 Å². The summed E-state index contributed by atoms with van der Waals surface area (Å²) in [4.78, 5) is 11.1. The van der Waals surface area contributed by atoms with E-state index < -0.39 is 6.17 Å². The molecule has 2 aromatic carbocycles. The maximum Gasteiger partial charge on any atom is 0.331 e. The SMILES string of the molecule is O=[N+]([O-])C(c1ccccc1)n1ncc2ccccc21. The molecule has 0 radical (unpaired) electrons. The van der Waals surface area contributed by atoms with Gasteiger partial charge in [0.2, 0.25) is 0 Å². The Morgan fingerprint density at radius 3 is 2.47 bits per heavy atom. The highest BCUT2D eigenvalue weighted by Crippen LogP contribution is 2.23. The molecule has 1 aromatic heterocycles. The summed E-state index contributed by atoms with van der Waals surface area (Å²) in [5.74, 6) is 0. The number of nitro groups is 1. The molecule has 0 aliphatic carbocycles. The minimum Gasteiger partial charge on any atom is -0.262 e. The van der Waals surface area contributed by atoms with Crippen molar-refractivity contribution in [1.29, 1.82) is 0 Å². The van der Waals surface area contributed by atoms with Crippen LogP contribution in [0, 0.1) is 10.1 Å². The molecule has 0 saturated heterocycles. The molecule has 1 unspecified atom stereocenters. The van der Waals surface area contributed by atoms with E-state index in [2.05, 4.69) is 5.10 Å². The fourth-order valence-corrected chi connectivity index (χ4v) is 2.16. The molecule has 0 saturated carbocycles. The van der Waals surface area contributed by atoms with Crippen molar-refractivity contribution in [1.82, 2.24) is 9.78 Å². The Hall–Kier alpha value is -2.69. The maximum atomic E-state index is 11.4. The van der Waals surface area contributed by atoms with Crippen molar-refractivity contribution in [2.45, 2.75) is 6.17 Å². The van der Waals surface area contributed by atoms with E-state index in [-0.39, 0.29) is 4.92 Å². The van der Waals surface area contributed by atoms with Crippen LogP contribution in [-0.4, -0.2) is 14.7 Å². The molecule has 1 atom stereocenters. The lowest BCUT2D eigenvalue weighted by atomic mass is 10.2. The van der Waals surface area contributed by atoms with Gasteiger partial charge in [-0.2, -0.15) is 9.78 Å². The molecule has 19 heavy (non-hydrogen) atoms. The molecule has 5 heteroatoms. The average molecular weight is 253 g/mol. The first-order valence-electron chi connectivity index (χ1n) is 5.88. The minimum atomic E-state index is -0.999. The van der Waals surface area contributed by atoms with Crippen LogP contribution in [0.1, 0.15) is 11.7 Å². The van der Waals surface area contributed by atoms with Crippen LogP contribution in [-0.2, 0) is 0 Å². The van der Waals surface area contributed by atoms with Gasteiger partial charge in [0, 0.05) is 10.9 Å². The van der Waals surface area contributed by atoms with Gasteiger partial charge in [0.15, 0.2) is 0 Å². The van der Waals surface area contributed by atoms with Crippen LogP contribution in [0.3, 0.4) is 0 Å². The van der Waals surface area contributed by atoms with Gasteiger partial charge in [0.05, 0.1) is 16.6 Å². The summed E-state index contributed by atoms with van der Waals surface area (Å²) in [7, 11) is 0. The Kier molecular flexibility index (Phi) is 2.72. The molecular weight excluding hydrogens is 242 g/mol. The van der Waals surface area contributed by atoms with Crippen molar-refractivity contribution in [3.8, 4) is 0 Å². The van der Waals surface area contributed by atoms with Crippen molar-refractivity contribution < 1.29 is 4.92 Å². The van der Waals surface area contributed by atoms with Gasteiger partial charge in [-0.25, -0.2) is 0 Å². The smallest absolute Gasteiger partial charge is 0.262 e. The average Bonchev–Trinajstić information content (AvgIpc) is 2.84. The van der Waals surface area contributed by atoms with Gasteiger partial charge in [0.25, 0.3) is 0 Å². The number of fused-ring (bicyclic) bond motifs is 1. The second-order valence-corrected chi connectivity index (χ2v) is 4.22. The maximum absolute atomic E-state index is 11.4. The zero-order valence-corrected chi connectivity index (χ0v) is 10.0. The van der Waals surface area contributed by atoms with Crippen LogP contribution in [0.15, 0.2) is 60.8 Å². The van der Waals surface area contributed by atoms with E-state index in [0.717, 1.165) is 10.9 Å². The summed E-state index contributed by atoms with van der Waals surface area (Å²) >= 11 is 0. The van der Waals surface area contributed by atoms with E-state index in [9.17, 15) is 10.1 Å². The van der Waals surface area contributed by atoms with Gasteiger partial charge in [-0.3, -0.25) is 10.1 Å². The summed E-state index contributed by atoms with van der Waals surface area (Å²) in [6.45, 7) is 0. The Bertz CT molecular complexity index is 722. The van der Waals surface area contributed by atoms with Crippen molar-refractivity contribution >= 4 is 10.9 Å². The van der Waals surface area contributed by atoms with Gasteiger partial charge in [-0.05, 0) is 6.07 Å². The lowest BCUT2D eigenvalue weighted by Crippen LogP contribution is -2.20. The molecule has 5 nitrogen and oxygen atoms in total. The summed E-state index contributed by atoms with van der Waals surface area (Å²) in [6, 6.07) is 16.4. The fourth-order valence-electron chi connectivity index (χ4n) is 2.16. The van der Waals surface area contributed by atoms with E-state index in [1.807, 2.05) is 30.3 Å². The van der Waals surface area contributed by atoms with Crippen LogP contribution in [0.5, 0.6) is 0 Å². The third-order valence-electron chi connectivity index (χ3n) is 3.03. The number of hydrogen-bond donors (Lipinski definition) is 0. The van der Waals surface area contributed by atoms with Crippen LogP contribution in [0.4, 0.5) is 0 Å². The van der Waals surface area contributed by atoms with Crippen LogP contribution >= 0.6 is 0 Å². The summed E-state index contributed by atoms with van der Waals surface area (Å²) in [5, 5.41) is 16.4. The minimum absolute atomic E-state index is 0.325. The molecule has 0 aliphatic rings. The molecular formula is C14H11N3O2. The van der Waals surface area contributed by atoms with E-state index >= 15 is 0 Å². The second-order valence-electron chi connectivity index (χ2n) is 4.22. The van der Waals surface area contributed by atoms with E-state index in [0.29, 0.717) is 5.56 Å². The first-order chi connectivity index (χ1) is 9.27. The zero-order chi connectivity index (χ0) is 13.2. The second kappa shape index (κ2) is 4.53. The monoisotopic (exact) mass is 253 g/mol. The molecule has 1 heterocycles. The summed E-state index contributed by atoms with van der Waals surface area (Å²) in [6.07, 6.45) is 0.649. The molecule has 0 amide bonds. The Labute approximate surface area is 109 Å². The number of aromatic nitrogens is 2. The number of nitrogens with zero attached hydrogens (tertiary/aromatic N) is 3. The Morgan fingerprint density at radius 2 is 1.74 bits per heavy atom. The third-order valence-corrected chi connectivity index (χ3v) is 3.03. The molecule has 0 spiro atoms. The molecule has 3 rings (SSSR count). The lowest BCUT2D eigenvalue weighted by Gasteiger charge is -2.11. The highest BCUT2D eigenvalue weighted by molar-refractivity contribution is 5.78. The van der Waals surface area contributed by atoms with Crippen molar-refractivity contribution in [3.05, 3.63) is 76.5 Å². The van der Waals surface area contributed by atoms with E-state index in [1.54, 1.807) is 30.5 Å². The van der Waals surface area contributed by atoms with Gasteiger partial charge >= 0.3 is 6.17 Å². The van der Waals surface area contributed by atoms with Gasteiger partial charge < -0.3 is 0 Å². The molecule has 94 valence electrons. The quantitative estimate of drug-likeness (QED) is 0.532. The molecule has 0 N–H and O–H groups in total. The molecule has 0 aliphatic heterocycles. The number of hydrogen-bond acceptors (Lipinski definition) is 3. The van der Waals surface area contributed by atoms with Gasteiger partial charge in [-0.1, -0.05) is 48.5 Å². The van der Waals surface area contributed by atoms with Crippen LogP contribution < -0.4 is 0 Å². The first-order valence-corrected chi connectivity index (χ1v) is 5.88.